The Bertz CT molecular complexity index is 701. The molecule has 1 aliphatic heterocycles. The number of nitrogens with zero attached hydrogens (tertiary/aromatic N) is 3. The number of carbonyl (C=O) groups is 1. The second kappa shape index (κ2) is 7.96. The van der Waals surface area contributed by atoms with Gasteiger partial charge < -0.3 is 14.4 Å². The molecule has 0 bridgehead atoms. The summed E-state index contributed by atoms with van der Waals surface area (Å²) in [5.41, 5.74) is 1.99. The van der Waals surface area contributed by atoms with Crippen molar-refractivity contribution in [3.8, 4) is 11.6 Å². The molecule has 0 saturated carbocycles. The molecule has 1 aliphatic rings. The molecule has 3 rings (SSSR count). The Morgan fingerprint density at radius 3 is 2.68 bits per heavy atom. The molecule has 0 spiro atoms. The van der Waals surface area contributed by atoms with Gasteiger partial charge in [-0.3, -0.25) is 4.79 Å². The maximum atomic E-state index is 12.4. The van der Waals surface area contributed by atoms with E-state index in [0.29, 0.717) is 18.8 Å². The van der Waals surface area contributed by atoms with E-state index in [1.54, 1.807) is 7.11 Å². The summed E-state index contributed by atoms with van der Waals surface area (Å²) in [6.45, 7) is 3.22. The Hall–Kier alpha value is -2.63. The van der Waals surface area contributed by atoms with E-state index < -0.39 is 0 Å². The quantitative estimate of drug-likeness (QED) is 0.807. The molecule has 2 aromatic rings. The summed E-state index contributed by atoms with van der Waals surface area (Å²) >= 11 is 0. The molecule has 1 saturated heterocycles. The Morgan fingerprint density at radius 2 is 2.00 bits per heavy atom. The second-order valence-electron chi connectivity index (χ2n) is 6.23. The molecular formula is C19H23N3O3. The van der Waals surface area contributed by atoms with Crippen LogP contribution in [0.5, 0.6) is 11.6 Å². The van der Waals surface area contributed by atoms with Crippen LogP contribution in [0.15, 0.2) is 36.4 Å². The third-order valence-corrected chi connectivity index (χ3v) is 4.35. The molecule has 0 radical (unpaired) electrons. The second-order valence-corrected chi connectivity index (χ2v) is 6.23. The van der Waals surface area contributed by atoms with Gasteiger partial charge in [0.25, 0.3) is 0 Å². The van der Waals surface area contributed by atoms with Crippen LogP contribution in [0.4, 0.5) is 0 Å². The van der Waals surface area contributed by atoms with Crippen LogP contribution in [-0.2, 0) is 11.2 Å². The number of ether oxygens (including phenoxy) is 2. The van der Waals surface area contributed by atoms with Crippen LogP contribution in [0.2, 0.25) is 0 Å². The van der Waals surface area contributed by atoms with Crippen LogP contribution >= 0.6 is 0 Å². The molecule has 25 heavy (non-hydrogen) atoms. The number of likely N-dealkylation sites (tertiary alicyclic amines) is 1. The molecule has 1 fully saturated rings. The maximum absolute atomic E-state index is 12.4. The van der Waals surface area contributed by atoms with E-state index in [9.17, 15) is 4.79 Å². The van der Waals surface area contributed by atoms with E-state index in [4.69, 9.17) is 9.47 Å². The number of amides is 1. The van der Waals surface area contributed by atoms with E-state index >= 15 is 0 Å². The first-order chi connectivity index (χ1) is 12.1. The van der Waals surface area contributed by atoms with Gasteiger partial charge in [-0.25, -0.2) is 0 Å². The minimum Gasteiger partial charge on any atom is -0.497 e. The third kappa shape index (κ3) is 4.68. The summed E-state index contributed by atoms with van der Waals surface area (Å²) in [4.78, 5) is 14.3. The van der Waals surface area contributed by atoms with Gasteiger partial charge in [-0.1, -0.05) is 12.1 Å². The van der Waals surface area contributed by atoms with Gasteiger partial charge in [0.05, 0.1) is 19.3 Å². The zero-order valence-corrected chi connectivity index (χ0v) is 14.6. The Kier molecular flexibility index (Phi) is 5.48. The number of benzene rings is 1. The van der Waals surface area contributed by atoms with Gasteiger partial charge >= 0.3 is 0 Å². The highest BCUT2D eigenvalue weighted by atomic mass is 16.5. The fourth-order valence-electron chi connectivity index (χ4n) is 2.87. The normalized spacial score (nSPS) is 16.7. The molecule has 1 atom stereocenters. The van der Waals surface area contributed by atoms with E-state index in [2.05, 4.69) is 10.2 Å². The first kappa shape index (κ1) is 17.2. The molecule has 2 heterocycles. The zero-order chi connectivity index (χ0) is 17.6. The van der Waals surface area contributed by atoms with Crippen molar-refractivity contribution in [2.75, 3.05) is 20.2 Å². The number of aryl methyl sites for hydroxylation is 2. The van der Waals surface area contributed by atoms with Crippen molar-refractivity contribution in [2.45, 2.75) is 32.3 Å². The molecular weight excluding hydrogens is 318 g/mol. The summed E-state index contributed by atoms with van der Waals surface area (Å²) < 4.78 is 11.0. The molecule has 1 aromatic carbocycles. The van der Waals surface area contributed by atoms with Crippen LogP contribution in [0.3, 0.4) is 0 Å². The molecule has 0 unspecified atom stereocenters. The number of methoxy groups -OCH3 is 1. The summed E-state index contributed by atoms with van der Waals surface area (Å²) in [5.74, 6) is 1.51. The SMILES string of the molecule is COc1ccc(CCC(=O)N2CC[C@@H](Oc3ccc(C)nn3)C2)cc1. The zero-order valence-electron chi connectivity index (χ0n) is 14.6. The van der Waals surface area contributed by atoms with Gasteiger partial charge in [0.15, 0.2) is 0 Å². The Balaban J connectivity index is 1.46. The largest absolute Gasteiger partial charge is 0.497 e. The van der Waals surface area contributed by atoms with Crippen molar-refractivity contribution in [2.24, 2.45) is 0 Å². The van der Waals surface area contributed by atoms with Crippen molar-refractivity contribution in [3.05, 3.63) is 47.7 Å². The average molecular weight is 341 g/mol. The lowest BCUT2D eigenvalue weighted by molar-refractivity contribution is -0.130. The van der Waals surface area contributed by atoms with Crippen molar-refractivity contribution < 1.29 is 14.3 Å². The Morgan fingerprint density at radius 1 is 1.20 bits per heavy atom. The first-order valence-electron chi connectivity index (χ1n) is 8.52. The highest BCUT2D eigenvalue weighted by Crippen LogP contribution is 2.18. The molecule has 0 aliphatic carbocycles. The van der Waals surface area contributed by atoms with Crippen LogP contribution in [0.25, 0.3) is 0 Å². The van der Waals surface area contributed by atoms with Crippen molar-refractivity contribution in [3.63, 3.8) is 0 Å². The third-order valence-electron chi connectivity index (χ3n) is 4.35. The standard InChI is InChI=1S/C19H23N3O3/c1-14-3-9-18(21-20-14)25-17-11-12-22(13-17)19(23)10-6-15-4-7-16(24-2)8-5-15/h3-5,7-9,17H,6,10-13H2,1-2H3/t17-/m1/s1. The van der Waals surface area contributed by atoms with E-state index in [1.165, 1.54) is 0 Å². The van der Waals surface area contributed by atoms with Crippen LogP contribution in [0, 0.1) is 6.92 Å². The summed E-state index contributed by atoms with van der Waals surface area (Å²) in [5, 5.41) is 8.00. The van der Waals surface area contributed by atoms with Gasteiger partial charge in [0, 0.05) is 25.5 Å². The molecule has 0 N–H and O–H groups in total. The van der Waals surface area contributed by atoms with Crippen LogP contribution in [0.1, 0.15) is 24.1 Å². The summed E-state index contributed by atoms with van der Waals surface area (Å²) in [6.07, 6.45) is 2.04. The van der Waals surface area contributed by atoms with Crippen molar-refractivity contribution >= 4 is 5.91 Å². The molecule has 1 aromatic heterocycles. The number of hydrogen-bond donors (Lipinski definition) is 0. The van der Waals surface area contributed by atoms with E-state index in [1.807, 2.05) is 48.2 Å². The number of rotatable bonds is 6. The van der Waals surface area contributed by atoms with Crippen LogP contribution in [-0.4, -0.2) is 47.3 Å². The molecule has 6 nitrogen and oxygen atoms in total. The summed E-state index contributed by atoms with van der Waals surface area (Å²) in [6, 6.07) is 11.5. The lowest BCUT2D eigenvalue weighted by Crippen LogP contribution is -2.31. The number of carbonyl (C=O) groups excluding carboxylic acids is 1. The fourth-order valence-corrected chi connectivity index (χ4v) is 2.87. The van der Waals surface area contributed by atoms with Crippen molar-refractivity contribution in [1.29, 1.82) is 0 Å². The van der Waals surface area contributed by atoms with Gasteiger partial charge in [0.2, 0.25) is 11.8 Å². The highest BCUT2D eigenvalue weighted by molar-refractivity contribution is 5.76. The predicted molar refractivity (Wildman–Crippen MR) is 93.7 cm³/mol. The van der Waals surface area contributed by atoms with E-state index in [-0.39, 0.29) is 12.0 Å². The smallest absolute Gasteiger partial charge is 0.233 e. The van der Waals surface area contributed by atoms with Gasteiger partial charge in [-0.2, -0.15) is 5.10 Å². The topological polar surface area (TPSA) is 64.5 Å². The number of hydrogen-bond acceptors (Lipinski definition) is 5. The fraction of sp³-hybridized carbons (Fsp3) is 0.421. The van der Waals surface area contributed by atoms with Crippen LogP contribution < -0.4 is 9.47 Å². The maximum Gasteiger partial charge on any atom is 0.233 e. The molecule has 132 valence electrons. The van der Waals surface area contributed by atoms with Gasteiger partial charge in [-0.15, -0.1) is 5.10 Å². The van der Waals surface area contributed by atoms with E-state index in [0.717, 1.165) is 36.4 Å². The summed E-state index contributed by atoms with van der Waals surface area (Å²) in [7, 11) is 1.65. The minimum atomic E-state index is -0.0121. The molecule has 6 heteroatoms. The average Bonchev–Trinajstić information content (AvgIpc) is 3.10. The van der Waals surface area contributed by atoms with Gasteiger partial charge in [-0.05, 0) is 37.1 Å². The monoisotopic (exact) mass is 341 g/mol. The lowest BCUT2D eigenvalue weighted by atomic mass is 10.1. The first-order valence-corrected chi connectivity index (χ1v) is 8.52. The lowest BCUT2D eigenvalue weighted by Gasteiger charge is -2.17. The number of aromatic nitrogens is 2. The highest BCUT2D eigenvalue weighted by Gasteiger charge is 2.27. The molecule has 1 amide bonds. The van der Waals surface area contributed by atoms with Gasteiger partial charge in [0.1, 0.15) is 11.9 Å². The minimum absolute atomic E-state index is 0.0121. The Labute approximate surface area is 147 Å². The van der Waals surface area contributed by atoms with Crippen molar-refractivity contribution in [1.82, 2.24) is 15.1 Å². The predicted octanol–water partition coefficient (Wildman–Crippen LogP) is 2.41.